The summed E-state index contributed by atoms with van der Waals surface area (Å²) in [7, 11) is 0. The molecule has 1 aliphatic heterocycles. The number of fused-ring (bicyclic) bond motifs is 1. The molecule has 0 bridgehead atoms. The van der Waals surface area contributed by atoms with Crippen LogP contribution in [0.15, 0.2) is 90.1 Å². The number of para-hydroxylation sites is 1. The lowest BCUT2D eigenvalue weighted by Gasteiger charge is -2.29. The number of aliphatic imine (C=N–C) groups is 1. The molecule has 0 unspecified atom stereocenters. The summed E-state index contributed by atoms with van der Waals surface area (Å²) in [4.78, 5) is 230. The van der Waals surface area contributed by atoms with E-state index in [1.54, 1.807) is 68.4 Å². The lowest BCUT2D eigenvalue weighted by molar-refractivity contribution is -0.141. The maximum absolute atomic E-state index is 14.9. The van der Waals surface area contributed by atoms with Crippen LogP contribution in [0.25, 0.3) is 10.9 Å². The van der Waals surface area contributed by atoms with Gasteiger partial charge in [0.15, 0.2) is 5.96 Å². The van der Waals surface area contributed by atoms with Crippen LogP contribution in [0.1, 0.15) is 141 Å². The minimum atomic E-state index is -2.00. The maximum atomic E-state index is 14.9. The Morgan fingerprint density at radius 3 is 1.54 bits per heavy atom. The lowest BCUT2D eigenvalue weighted by atomic mass is 9.84. The van der Waals surface area contributed by atoms with Gasteiger partial charge in [0.05, 0.1) is 38.5 Å². The van der Waals surface area contributed by atoms with Crippen molar-refractivity contribution >= 4 is 111 Å². The number of phenols is 1. The number of hydrogen-bond donors (Lipinski definition) is 21. The van der Waals surface area contributed by atoms with Crippen molar-refractivity contribution in [3.63, 3.8) is 0 Å². The maximum Gasteiger partial charge on any atom is 0.245 e. The summed E-state index contributed by atoms with van der Waals surface area (Å²) in [6.07, 6.45) is 2.71. The summed E-state index contributed by atoms with van der Waals surface area (Å²) < 4.78 is 0. The molecule has 2 aliphatic rings. The molecule has 0 radical (unpaired) electrons. The first-order valence-electron chi connectivity index (χ1n) is 39.0. The third-order valence-electron chi connectivity index (χ3n) is 19.8. The monoisotopic (exact) mass is 1630 g/mol. The van der Waals surface area contributed by atoms with E-state index in [0.29, 0.717) is 53.3 Å². The Kier molecular flexibility index (Phi) is 37.0. The van der Waals surface area contributed by atoms with E-state index in [9.17, 15) is 86.9 Å². The molecule has 117 heavy (non-hydrogen) atoms. The predicted octanol–water partition coefficient (Wildman–Crippen LogP) is -4.60. The quantitative estimate of drug-likeness (QED) is 0.0112. The first kappa shape index (κ1) is 93.6. The van der Waals surface area contributed by atoms with Crippen LogP contribution >= 0.6 is 0 Å². The highest BCUT2D eigenvalue weighted by Crippen LogP contribution is 2.28. The molecule has 6 rings (SSSR count). The Morgan fingerprint density at radius 1 is 0.496 bits per heavy atom. The topological polar surface area (TPSA) is 659 Å². The van der Waals surface area contributed by atoms with Crippen LogP contribution in [0, 0.1) is 17.8 Å². The molecule has 638 valence electrons. The third-order valence-corrected chi connectivity index (χ3v) is 19.8. The molecule has 3 aromatic carbocycles. The van der Waals surface area contributed by atoms with E-state index in [1.807, 2.05) is 13.8 Å². The zero-order valence-corrected chi connectivity index (χ0v) is 66.2. The number of amides is 16. The molecule has 28 N–H and O–H groups in total. The Labute approximate surface area is 676 Å². The number of nitrogens with one attached hydrogen (secondary N) is 12. The summed E-state index contributed by atoms with van der Waals surface area (Å²) in [5.74, 6) is -17.0. The van der Waals surface area contributed by atoms with Gasteiger partial charge in [-0.1, -0.05) is 120 Å². The van der Waals surface area contributed by atoms with Gasteiger partial charge in [0.25, 0.3) is 0 Å². The molecule has 2 heterocycles. The number of likely N-dealkylation sites (tertiary alicyclic amines) is 1. The van der Waals surface area contributed by atoms with Gasteiger partial charge in [0.1, 0.15) is 72.2 Å². The molecule has 16 amide bonds. The van der Waals surface area contributed by atoms with Gasteiger partial charge >= 0.3 is 0 Å². The minimum Gasteiger partial charge on any atom is -0.508 e. The van der Waals surface area contributed by atoms with Crippen molar-refractivity contribution in [2.45, 2.75) is 216 Å². The summed E-state index contributed by atoms with van der Waals surface area (Å²) in [6, 6.07) is 2.24. The van der Waals surface area contributed by atoms with Crippen molar-refractivity contribution in [2.75, 3.05) is 26.2 Å². The van der Waals surface area contributed by atoms with Gasteiger partial charge in [-0.25, -0.2) is 0 Å². The van der Waals surface area contributed by atoms with Gasteiger partial charge < -0.3 is 119 Å². The van der Waals surface area contributed by atoms with Gasteiger partial charge in [-0.15, -0.1) is 0 Å². The second kappa shape index (κ2) is 46.3. The van der Waals surface area contributed by atoms with Gasteiger partial charge in [-0.2, -0.15) is 0 Å². The highest BCUT2D eigenvalue weighted by atomic mass is 16.3. The van der Waals surface area contributed by atoms with Crippen molar-refractivity contribution in [3.05, 3.63) is 102 Å². The van der Waals surface area contributed by atoms with Crippen LogP contribution < -0.4 is 98.6 Å². The molecule has 39 nitrogen and oxygen atoms in total. The van der Waals surface area contributed by atoms with E-state index in [0.717, 1.165) is 19.3 Å². The number of aromatic hydroxyl groups is 1. The number of primary amides is 4. The van der Waals surface area contributed by atoms with Crippen molar-refractivity contribution < 1.29 is 86.9 Å². The zero-order valence-electron chi connectivity index (χ0n) is 66.2. The average Bonchev–Trinajstić information content (AvgIpc) is 1.65. The molecule has 0 spiro atoms. The van der Waals surface area contributed by atoms with Crippen LogP contribution in [0.2, 0.25) is 0 Å². The highest BCUT2D eigenvalue weighted by molar-refractivity contribution is 6.02. The molecule has 12 atom stereocenters. The summed E-state index contributed by atoms with van der Waals surface area (Å²) in [5, 5.41) is 48.8. The first-order valence-corrected chi connectivity index (χ1v) is 39.0. The van der Waals surface area contributed by atoms with Gasteiger partial charge in [0.2, 0.25) is 94.5 Å². The van der Waals surface area contributed by atoms with Gasteiger partial charge in [-0.05, 0) is 97.6 Å². The number of guanidine groups is 1. The largest absolute Gasteiger partial charge is 0.508 e. The second-order valence-corrected chi connectivity index (χ2v) is 30.4. The molecule has 39 heteroatoms. The molecule has 2 fully saturated rings. The number of nitrogens with zero attached hydrogens (tertiary/aromatic N) is 2. The second-order valence-electron chi connectivity index (χ2n) is 30.4. The van der Waals surface area contributed by atoms with Crippen molar-refractivity contribution in [2.24, 2.45) is 62.9 Å². The molecule has 1 aliphatic carbocycles. The van der Waals surface area contributed by atoms with Crippen molar-refractivity contribution in [1.29, 1.82) is 0 Å². The van der Waals surface area contributed by atoms with E-state index in [-0.39, 0.29) is 81.1 Å². The average molecular weight is 1630 g/mol. The zero-order chi connectivity index (χ0) is 86.2. The molecule has 1 saturated heterocycles. The molecule has 1 aromatic heterocycles. The Balaban J connectivity index is 1.20. The van der Waals surface area contributed by atoms with Gasteiger partial charge in [-0.3, -0.25) is 81.7 Å². The fourth-order valence-electron chi connectivity index (χ4n) is 13.9. The third kappa shape index (κ3) is 31.1. The standard InChI is InChI=1S/C78H113N21O18/c1-41(2)29-49(79)77(117)99-28-14-22-61(99)76(116)97-59(37-64(82)104)73(113)93-55(33-45-23-25-47(101)26-24-45)70(110)95-57(35-62(80)102)72(112)94-56(34-46-38-87-50-20-12-11-19-48(46)50)71(111)96-58(36-63(81)103)74(114)98-60(40-100)75(115)92-54(32-44-17-9-6-10-18-44)67(107)88-39-65(105)89-53(30-42(3)4)69(109)90-51(21-13-27-86-78(84)85)68(108)91-52(66(83)106)31-43-15-7-5-8-16-43/h5,7-8,11-12,15-16,19-20,23-26,38,41-42,44,49,51-61,87,100-101H,6,9-10,13-14,17-18,21-22,27-37,39-40,79H2,1-4H3,(H2,80,102)(H2,81,103)(H2,82,104)(H2,83,106)(H,88,107)(H,89,105)(H,90,109)(H,91,108)(H,92,115)(H,93,113)(H,94,112)(H,95,110)(H,96,111)(H,97,116)(H,98,114)(H4,84,85,86)/t49-,51-,52-,53-,54-,55-,56-,57-,58-,59-,60-,61-/m0/s1. The smallest absolute Gasteiger partial charge is 0.245 e. The number of hydrogen-bond acceptors (Lipinski definition) is 20. The van der Waals surface area contributed by atoms with Crippen LogP contribution in [0.5, 0.6) is 5.75 Å². The molecular formula is C78H113N21O18. The first-order chi connectivity index (χ1) is 55.5. The SMILES string of the molecule is CC(C)C[C@H](NC(=O)CNC(=O)[C@H](CC1CCCCC1)NC(=O)[C@H](CO)NC(=O)[C@H](CC(N)=O)NC(=O)[C@H](Cc1c[nH]c2ccccc12)NC(=O)[C@H](CC(N)=O)NC(=O)[C@H](Cc1ccc(O)cc1)NC(=O)[C@H](CC(N)=O)NC(=O)[C@@H]1CCCN1C(=O)[C@@H](N)CC(C)C)C(=O)N[C@@H](CCCN=C(N)N)C(=O)N[C@@H](Cc1ccccc1)C(N)=O. The molecular weight excluding hydrogens is 1520 g/mol. The Hall–Kier alpha value is -12.3. The normalized spacial score (nSPS) is 16.2. The van der Waals surface area contributed by atoms with Crippen LogP contribution in [-0.4, -0.2) is 219 Å². The van der Waals surface area contributed by atoms with E-state index in [4.69, 9.17) is 40.1 Å². The fourth-order valence-corrected chi connectivity index (χ4v) is 13.9. The number of carbonyl (C=O) groups is 16. The van der Waals surface area contributed by atoms with Crippen molar-refractivity contribution in [3.8, 4) is 5.75 Å². The number of aromatic amines is 1. The number of aliphatic hydroxyl groups excluding tert-OH is 1. The van der Waals surface area contributed by atoms with Gasteiger partial charge in [0, 0.05) is 49.5 Å². The Morgan fingerprint density at radius 2 is 0.974 bits per heavy atom. The predicted molar refractivity (Wildman–Crippen MR) is 427 cm³/mol. The van der Waals surface area contributed by atoms with E-state index >= 15 is 0 Å². The van der Waals surface area contributed by atoms with Crippen LogP contribution in [0.3, 0.4) is 0 Å². The Bertz CT molecular complexity index is 4170. The van der Waals surface area contributed by atoms with Crippen LogP contribution in [0.4, 0.5) is 0 Å². The van der Waals surface area contributed by atoms with Crippen molar-refractivity contribution in [1.82, 2.24) is 68.4 Å². The minimum absolute atomic E-state index is 0.00356. The highest BCUT2D eigenvalue weighted by Gasteiger charge is 2.41. The fraction of sp³-hybridized carbons (Fsp3) is 0.526. The van der Waals surface area contributed by atoms with Crippen LogP contribution in [-0.2, 0) is 96.0 Å². The number of H-pyrrole nitrogens is 1. The number of nitrogens with two attached hydrogens (primary N) is 7. The lowest BCUT2D eigenvalue weighted by Crippen LogP contribution is -2.62. The number of phenolic OH excluding ortho intramolecular Hbond substituents is 1. The number of rotatable bonds is 47. The number of carbonyl (C=O) groups excluding carboxylic acids is 16. The number of benzene rings is 3. The molecule has 4 aromatic rings. The van der Waals surface area contributed by atoms with E-state index < -0.39 is 212 Å². The number of aliphatic hydroxyl groups is 1. The summed E-state index contributed by atoms with van der Waals surface area (Å²) in [5.41, 5.74) is 41.7. The summed E-state index contributed by atoms with van der Waals surface area (Å²) in [6.45, 7) is 5.59. The van der Waals surface area contributed by atoms with E-state index in [2.05, 4.69) is 68.5 Å². The summed E-state index contributed by atoms with van der Waals surface area (Å²) >= 11 is 0. The van der Waals surface area contributed by atoms with E-state index in [1.165, 1.54) is 35.4 Å². The number of aromatic nitrogens is 1. The molecule has 1 saturated carbocycles.